The molecule has 0 saturated carbocycles. The maximum atomic E-state index is 13.0. The number of likely N-dealkylation sites (N-methyl/N-ethyl adjacent to an activating group) is 1. The number of likely N-dealkylation sites (tertiary alicyclic amines) is 1. The molecule has 0 aliphatic carbocycles. The number of rotatable bonds is 6. The quantitative estimate of drug-likeness (QED) is 0.813. The van der Waals surface area contributed by atoms with Gasteiger partial charge in [0.2, 0.25) is 5.91 Å². The van der Waals surface area contributed by atoms with Gasteiger partial charge in [-0.1, -0.05) is 30.3 Å². The van der Waals surface area contributed by atoms with Gasteiger partial charge in [-0.3, -0.25) is 4.79 Å². The Hall–Kier alpha value is -2.57. The van der Waals surface area contributed by atoms with Gasteiger partial charge in [0, 0.05) is 19.3 Å². The predicted octanol–water partition coefficient (Wildman–Crippen LogP) is 2.45. The van der Waals surface area contributed by atoms with Gasteiger partial charge < -0.3 is 24.4 Å². The number of aliphatic hydroxyl groups excluding tert-OH is 1. The molecule has 0 radical (unpaired) electrons. The van der Waals surface area contributed by atoms with Crippen LogP contribution < -0.4 is 14.4 Å². The Labute approximate surface area is 171 Å². The smallest absolute Gasteiger partial charge is 0.237 e. The molecule has 154 valence electrons. The molecule has 1 unspecified atom stereocenters. The highest BCUT2D eigenvalue weighted by atomic mass is 16.5. The Morgan fingerprint density at radius 2 is 1.72 bits per heavy atom. The zero-order valence-electron chi connectivity index (χ0n) is 17.0. The van der Waals surface area contributed by atoms with Crippen molar-refractivity contribution in [2.75, 3.05) is 45.3 Å². The van der Waals surface area contributed by atoms with E-state index >= 15 is 0 Å². The van der Waals surface area contributed by atoms with Crippen LogP contribution in [0.5, 0.6) is 11.5 Å². The Kier molecular flexibility index (Phi) is 5.48. The van der Waals surface area contributed by atoms with E-state index in [0.29, 0.717) is 18.0 Å². The van der Waals surface area contributed by atoms with Crippen LogP contribution in [0.15, 0.2) is 48.5 Å². The largest absolute Gasteiger partial charge is 0.493 e. The number of benzene rings is 2. The van der Waals surface area contributed by atoms with Crippen LogP contribution in [0.3, 0.4) is 0 Å². The second kappa shape index (κ2) is 8.05. The molecule has 2 aliphatic rings. The monoisotopic (exact) mass is 396 g/mol. The topological polar surface area (TPSA) is 62.2 Å². The summed E-state index contributed by atoms with van der Waals surface area (Å²) in [6, 6.07) is 15.5. The lowest BCUT2D eigenvalue weighted by Crippen LogP contribution is -2.49. The summed E-state index contributed by atoms with van der Waals surface area (Å²) in [6.45, 7) is 2.28. The number of para-hydroxylation sites is 3. The summed E-state index contributed by atoms with van der Waals surface area (Å²) in [4.78, 5) is 17.0. The number of nitrogens with zero attached hydrogens (tertiary/aromatic N) is 2. The lowest BCUT2D eigenvalue weighted by atomic mass is 9.73. The van der Waals surface area contributed by atoms with E-state index in [1.807, 2.05) is 49.5 Å². The Morgan fingerprint density at radius 1 is 1.07 bits per heavy atom. The van der Waals surface area contributed by atoms with Crippen molar-refractivity contribution < 1.29 is 19.4 Å². The number of methoxy groups -OCH3 is 1. The van der Waals surface area contributed by atoms with E-state index < -0.39 is 11.5 Å². The molecular weight excluding hydrogens is 368 g/mol. The minimum Gasteiger partial charge on any atom is -0.493 e. The summed E-state index contributed by atoms with van der Waals surface area (Å²) in [5.74, 6) is 1.48. The number of β-amino-alcohol motifs (C(OH)–C–C–N with tert-alkyl or cyclic N) is 1. The molecule has 1 N–H and O–H groups in total. The summed E-state index contributed by atoms with van der Waals surface area (Å²) in [6.07, 6.45) is 0.934. The van der Waals surface area contributed by atoms with Crippen LogP contribution in [0, 0.1) is 0 Å². The number of hydrogen-bond acceptors (Lipinski definition) is 5. The summed E-state index contributed by atoms with van der Waals surface area (Å²) >= 11 is 0. The standard InChI is InChI=1S/C23H28N2O4/c1-24-19-8-4-3-7-18(19)23(22(24)27)11-13-25(14-12-23)15-17(26)16-29-21-10-6-5-9-20(21)28-2/h3-10,17,26H,11-16H2,1-2H3. The molecule has 6 heteroatoms. The van der Waals surface area contributed by atoms with E-state index in [2.05, 4.69) is 11.0 Å². The summed E-state index contributed by atoms with van der Waals surface area (Å²) < 4.78 is 11.0. The van der Waals surface area contributed by atoms with Gasteiger partial charge in [-0.05, 0) is 49.7 Å². The highest BCUT2D eigenvalue weighted by Crippen LogP contribution is 2.47. The third-order valence-electron chi connectivity index (χ3n) is 6.17. The number of ether oxygens (including phenoxy) is 2. The lowest BCUT2D eigenvalue weighted by molar-refractivity contribution is -0.124. The number of carbonyl (C=O) groups excluding carboxylic acids is 1. The normalized spacial score (nSPS) is 19.3. The van der Waals surface area contributed by atoms with E-state index in [9.17, 15) is 9.90 Å². The third-order valence-corrected chi connectivity index (χ3v) is 6.17. The highest BCUT2D eigenvalue weighted by molar-refractivity contribution is 6.07. The molecule has 2 aromatic carbocycles. The fourth-order valence-electron chi connectivity index (χ4n) is 4.59. The summed E-state index contributed by atoms with van der Waals surface area (Å²) in [7, 11) is 3.46. The average molecular weight is 396 g/mol. The van der Waals surface area contributed by atoms with Crippen molar-refractivity contribution in [2.45, 2.75) is 24.4 Å². The fraction of sp³-hybridized carbons (Fsp3) is 0.435. The first-order chi connectivity index (χ1) is 14.0. The first-order valence-electron chi connectivity index (χ1n) is 10.1. The van der Waals surface area contributed by atoms with Crippen LogP contribution in [0.2, 0.25) is 0 Å². The van der Waals surface area contributed by atoms with Crippen LogP contribution in [0.25, 0.3) is 0 Å². The average Bonchev–Trinajstić information content (AvgIpc) is 2.96. The van der Waals surface area contributed by atoms with Gasteiger partial charge in [0.05, 0.1) is 12.5 Å². The molecule has 2 aromatic rings. The molecule has 2 heterocycles. The minimum absolute atomic E-state index is 0.193. The highest BCUT2D eigenvalue weighted by Gasteiger charge is 2.50. The second-order valence-electron chi connectivity index (χ2n) is 7.88. The SMILES string of the molecule is COc1ccccc1OCC(O)CN1CCC2(CC1)C(=O)N(C)c1ccccc12. The third kappa shape index (κ3) is 3.58. The van der Waals surface area contributed by atoms with Crippen molar-refractivity contribution in [2.24, 2.45) is 0 Å². The van der Waals surface area contributed by atoms with Crippen LogP contribution in [0.1, 0.15) is 18.4 Å². The van der Waals surface area contributed by atoms with Gasteiger partial charge in [0.25, 0.3) is 0 Å². The van der Waals surface area contributed by atoms with E-state index in [1.54, 1.807) is 12.0 Å². The molecule has 1 spiro atoms. The van der Waals surface area contributed by atoms with Crippen molar-refractivity contribution in [3.63, 3.8) is 0 Å². The predicted molar refractivity (Wildman–Crippen MR) is 112 cm³/mol. The van der Waals surface area contributed by atoms with Crippen LogP contribution in [-0.2, 0) is 10.2 Å². The second-order valence-corrected chi connectivity index (χ2v) is 7.88. The molecule has 1 amide bonds. The van der Waals surface area contributed by atoms with E-state index in [0.717, 1.165) is 37.2 Å². The molecule has 2 aliphatic heterocycles. The lowest BCUT2D eigenvalue weighted by Gasteiger charge is -2.39. The molecule has 0 bridgehead atoms. The first kappa shape index (κ1) is 19.7. The maximum absolute atomic E-state index is 13.0. The number of piperidine rings is 1. The van der Waals surface area contributed by atoms with Crippen molar-refractivity contribution in [1.29, 1.82) is 0 Å². The zero-order valence-corrected chi connectivity index (χ0v) is 17.0. The molecule has 6 nitrogen and oxygen atoms in total. The molecule has 0 aromatic heterocycles. The number of carbonyl (C=O) groups is 1. The first-order valence-corrected chi connectivity index (χ1v) is 10.1. The zero-order chi connectivity index (χ0) is 20.4. The molecular formula is C23H28N2O4. The number of aliphatic hydroxyl groups is 1. The minimum atomic E-state index is -0.608. The van der Waals surface area contributed by atoms with E-state index in [4.69, 9.17) is 9.47 Å². The van der Waals surface area contributed by atoms with E-state index in [1.165, 1.54) is 0 Å². The van der Waals surface area contributed by atoms with Gasteiger partial charge in [-0.25, -0.2) is 0 Å². The fourth-order valence-corrected chi connectivity index (χ4v) is 4.59. The van der Waals surface area contributed by atoms with Gasteiger partial charge in [-0.15, -0.1) is 0 Å². The Bertz CT molecular complexity index is 877. The van der Waals surface area contributed by atoms with Gasteiger partial charge >= 0.3 is 0 Å². The van der Waals surface area contributed by atoms with E-state index in [-0.39, 0.29) is 12.5 Å². The molecule has 1 fully saturated rings. The number of hydrogen-bond donors (Lipinski definition) is 1. The maximum Gasteiger partial charge on any atom is 0.237 e. The molecule has 4 rings (SSSR count). The molecule has 29 heavy (non-hydrogen) atoms. The van der Waals surface area contributed by atoms with Gasteiger partial charge in [-0.2, -0.15) is 0 Å². The molecule has 1 atom stereocenters. The van der Waals surface area contributed by atoms with Crippen molar-refractivity contribution in [3.05, 3.63) is 54.1 Å². The summed E-state index contributed by atoms with van der Waals surface area (Å²) in [5.41, 5.74) is 1.75. The van der Waals surface area contributed by atoms with Crippen molar-refractivity contribution in [1.82, 2.24) is 4.90 Å². The van der Waals surface area contributed by atoms with Crippen LogP contribution in [-0.4, -0.2) is 62.4 Å². The van der Waals surface area contributed by atoms with Crippen molar-refractivity contribution >= 4 is 11.6 Å². The van der Waals surface area contributed by atoms with Gasteiger partial charge in [0.15, 0.2) is 11.5 Å². The Balaban J connectivity index is 1.34. The van der Waals surface area contributed by atoms with Crippen LogP contribution in [0.4, 0.5) is 5.69 Å². The number of amides is 1. The summed E-state index contributed by atoms with van der Waals surface area (Å²) in [5, 5.41) is 10.5. The Morgan fingerprint density at radius 3 is 2.45 bits per heavy atom. The van der Waals surface area contributed by atoms with Crippen LogP contribution >= 0.6 is 0 Å². The van der Waals surface area contributed by atoms with Crippen molar-refractivity contribution in [3.8, 4) is 11.5 Å². The number of anilines is 1. The number of fused-ring (bicyclic) bond motifs is 2. The van der Waals surface area contributed by atoms with Gasteiger partial charge in [0.1, 0.15) is 12.7 Å². The molecule has 1 saturated heterocycles.